The summed E-state index contributed by atoms with van der Waals surface area (Å²) in [5.41, 5.74) is 11.2. The van der Waals surface area contributed by atoms with Crippen molar-refractivity contribution in [1.29, 1.82) is 0 Å². The number of likely N-dealkylation sites (tertiary alicyclic amines) is 1. The number of primary amides is 1. The van der Waals surface area contributed by atoms with E-state index in [0.29, 0.717) is 31.5 Å². The molecule has 0 aromatic carbocycles. The monoisotopic (exact) mass is 281 g/mol. The summed E-state index contributed by atoms with van der Waals surface area (Å²) < 4.78 is 0. The fourth-order valence-electron chi connectivity index (χ4n) is 3.38. The number of nitrogens with two attached hydrogens (primary N) is 2. The van der Waals surface area contributed by atoms with Crippen molar-refractivity contribution in [1.82, 2.24) is 4.90 Å². The third-order valence-electron chi connectivity index (χ3n) is 4.91. The molecule has 20 heavy (non-hydrogen) atoms. The lowest BCUT2D eigenvalue weighted by atomic mass is 9.83. The minimum Gasteiger partial charge on any atom is -0.369 e. The Bertz CT molecular complexity index is 343. The third-order valence-corrected chi connectivity index (χ3v) is 4.91. The molecular formula is C15H27N3O2. The van der Waals surface area contributed by atoms with Crippen LogP contribution in [0, 0.1) is 11.8 Å². The average Bonchev–Trinajstić information content (AvgIpc) is 2.46. The highest BCUT2D eigenvalue weighted by molar-refractivity contribution is 5.78. The van der Waals surface area contributed by atoms with Crippen molar-refractivity contribution in [3.05, 3.63) is 0 Å². The van der Waals surface area contributed by atoms with Gasteiger partial charge in [-0.3, -0.25) is 9.59 Å². The highest BCUT2D eigenvalue weighted by atomic mass is 16.2. The van der Waals surface area contributed by atoms with Crippen molar-refractivity contribution >= 4 is 11.8 Å². The number of carbonyl (C=O) groups excluding carboxylic acids is 2. The summed E-state index contributed by atoms with van der Waals surface area (Å²) in [5.74, 6) is 0.638. The van der Waals surface area contributed by atoms with Crippen LogP contribution in [0.3, 0.4) is 0 Å². The predicted octanol–water partition coefficient (Wildman–Crippen LogP) is 1.01. The first-order valence-electron chi connectivity index (χ1n) is 7.89. The van der Waals surface area contributed by atoms with Gasteiger partial charge in [-0.25, -0.2) is 0 Å². The van der Waals surface area contributed by atoms with Gasteiger partial charge in [0.15, 0.2) is 0 Å². The Morgan fingerprint density at radius 1 is 1.00 bits per heavy atom. The van der Waals surface area contributed by atoms with E-state index in [0.717, 1.165) is 44.9 Å². The molecule has 0 radical (unpaired) electrons. The zero-order valence-electron chi connectivity index (χ0n) is 12.2. The van der Waals surface area contributed by atoms with Gasteiger partial charge in [-0.05, 0) is 50.9 Å². The quantitative estimate of drug-likeness (QED) is 0.806. The molecule has 0 bridgehead atoms. The zero-order valence-corrected chi connectivity index (χ0v) is 12.2. The summed E-state index contributed by atoms with van der Waals surface area (Å²) >= 11 is 0. The Morgan fingerprint density at radius 2 is 1.60 bits per heavy atom. The second-order valence-corrected chi connectivity index (χ2v) is 6.38. The van der Waals surface area contributed by atoms with Crippen LogP contribution in [0.5, 0.6) is 0 Å². The maximum absolute atomic E-state index is 12.2. The number of rotatable bonds is 4. The van der Waals surface area contributed by atoms with E-state index in [1.165, 1.54) is 0 Å². The van der Waals surface area contributed by atoms with Crippen LogP contribution in [0.15, 0.2) is 0 Å². The number of hydrogen-bond acceptors (Lipinski definition) is 3. The molecule has 1 aliphatic carbocycles. The molecule has 5 heteroatoms. The van der Waals surface area contributed by atoms with Crippen molar-refractivity contribution in [2.75, 3.05) is 13.1 Å². The van der Waals surface area contributed by atoms with Gasteiger partial charge in [0.2, 0.25) is 11.8 Å². The summed E-state index contributed by atoms with van der Waals surface area (Å²) in [4.78, 5) is 25.2. The number of carbonyl (C=O) groups is 2. The summed E-state index contributed by atoms with van der Waals surface area (Å²) in [6.07, 6.45) is 7.60. The fourth-order valence-corrected chi connectivity index (χ4v) is 3.38. The van der Waals surface area contributed by atoms with Crippen LogP contribution in [0.1, 0.15) is 51.4 Å². The van der Waals surface area contributed by atoms with E-state index in [9.17, 15) is 9.59 Å². The fraction of sp³-hybridized carbons (Fsp3) is 0.867. The normalized spacial score (nSPS) is 28.4. The maximum Gasteiger partial charge on any atom is 0.222 e. The van der Waals surface area contributed by atoms with E-state index in [2.05, 4.69) is 0 Å². The Morgan fingerprint density at radius 3 is 2.15 bits per heavy atom. The average molecular weight is 281 g/mol. The standard InChI is InChI=1S/C15H27N3O2/c16-13-4-1-11(2-5-13)3-6-14(19)18-9-7-12(8-10-18)15(17)20/h11-13H,1-10,16H2,(H2,17,20). The second kappa shape index (κ2) is 7.07. The van der Waals surface area contributed by atoms with Crippen LogP contribution in [-0.2, 0) is 9.59 Å². The Balaban J connectivity index is 1.67. The minimum atomic E-state index is -0.226. The Labute approximate surface area is 121 Å². The van der Waals surface area contributed by atoms with Crippen LogP contribution in [-0.4, -0.2) is 35.8 Å². The van der Waals surface area contributed by atoms with Crippen molar-refractivity contribution in [2.45, 2.75) is 57.4 Å². The van der Waals surface area contributed by atoms with Gasteiger partial charge in [0.25, 0.3) is 0 Å². The molecule has 1 saturated carbocycles. The van der Waals surface area contributed by atoms with Gasteiger partial charge in [-0.15, -0.1) is 0 Å². The first-order valence-corrected chi connectivity index (χ1v) is 7.89. The lowest BCUT2D eigenvalue weighted by Crippen LogP contribution is -2.41. The van der Waals surface area contributed by atoms with Crippen LogP contribution in [0.4, 0.5) is 0 Å². The molecule has 0 atom stereocenters. The van der Waals surface area contributed by atoms with Crippen molar-refractivity contribution in [3.63, 3.8) is 0 Å². The van der Waals surface area contributed by atoms with Crippen LogP contribution in [0.2, 0.25) is 0 Å². The molecule has 2 rings (SSSR count). The Hall–Kier alpha value is -1.10. The van der Waals surface area contributed by atoms with Crippen molar-refractivity contribution in [3.8, 4) is 0 Å². The number of nitrogens with zero attached hydrogens (tertiary/aromatic N) is 1. The molecule has 0 spiro atoms. The van der Waals surface area contributed by atoms with E-state index in [1.807, 2.05) is 4.90 Å². The molecule has 1 saturated heterocycles. The molecule has 2 aliphatic rings. The topological polar surface area (TPSA) is 89.4 Å². The molecule has 4 N–H and O–H groups in total. The molecule has 114 valence electrons. The molecule has 1 heterocycles. The number of hydrogen-bond donors (Lipinski definition) is 2. The van der Waals surface area contributed by atoms with E-state index >= 15 is 0 Å². The van der Waals surface area contributed by atoms with Crippen molar-refractivity contribution < 1.29 is 9.59 Å². The third kappa shape index (κ3) is 4.20. The molecule has 2 amide bonds. The molecule has 0 unspecified atom stereocenters. The van der Waals surface area contributed by atoms with E-state index in [-0.39, 0.29) is 17.7 Å². The van der Waals surface area contributed by atoms with E-state index in [1.54, 1.807) is 0 Å². The summed E-state index contributed by atoms with van der Waals surface area (Å²) in [6.45, 7) is 1.37. The highest BCUT2D eigenvalue weighted by Crippen LogP contribution is 2.27. The molecular weight excluding hydrogens is 254 g/mol. The van der Waals surface area contributed by atoms with Gasteiger partial charge >= 0.3 is 0 Å². The van der Waals surface area contributed by atoms with Crippen LogP contribution >= 0.6 is 0 Å². The van der Waals surface area contributed by atoms with Gasteiger partial charge in [0.1, 0.15) is 0 Å². The summed E-state index contributed by atoms with van der Waals surface area (Å²) in [7, 11) is 0. The highest BCUT2D eigenvalue weighted by Gasteiger charge is 2.26. The maximum atomic E-state index is 12.2. The van der Waals surface area contributed by atoms with Gasteiger partial charge in [-0.2, -0.15) is 0 Å². The first kappa shape index (κ1) is 15.3. The van der Waals surface area contributed by atoms with Gasteiger partial charge in [0, 0.05) is 31.5 Å². The van der Waals surface area contributed by atoms with E-state index < -0.39 is 0 Å². The SMILES string of the molecule is NC(=O)C1CCN(C(=O)CCC2CCC(N)CC2)CC1. The Kier molecular flexibility index (Phi) is 5.40. The van der Waals surface area contributed by atoms with Gasteiger partial charge in [0.05, 0.1) is 0 Å². The molecule has 0 aromatic rings. The lowest BCUT2D eigenvalue weighted by molar-refractivity contribution is -0.135. The summed E-state index contributed by atoms with van der Waals surface area (Å²) in [5, 5.41) is 0. The summed E-state index contributed by atoms with van der Waals surface area (Å²) in [6, 6.07) is 0.370. The predicted molar refractivity (Wildman–Crippen MR) is 77.7 cm³/mol. The minimum absolute atomic E-state index is 0.0427. The number of piperidine rings is 1. The molecule has 1 aliphatic heterocycles. The second-order valence-electron chi connectivity index (χ2n) is 6.38. The van der Waals surface area contributed by atoms with Gasteiger partial charge in [-0.1, -0.05) is 0 Å². The number of amides is 2. The van der Waals surface area contributed by atoms with Crippen molar-refractivity contribution in [2.24, 2.45) is 23.3 Å². The lowest BCUT2D eigenvalue weighted by Gasteiger charge is -2.31. The van der Waals surface area contributed by atoms with Crippen LogP contribution < -0.4 is 11.5 Å². The van der Waals surface area contributed by atoms with Gasteiger partial charge < -0.3 is 16.4 Å². The molecule has 5 nitrogen and oxygen atoms in total. The van der Waals surface area contributed by atoms with Crippen LogP contribution in [0.25, 0.3) is 0 Å². The largest absolute Gasteiger partial charge is 0.369 e. The smallest absolute Gasteiger partial charge is 0.222 e. The molecule has 0 aromatic heterocycles. The zero-order chi connectivity index (χ0) is 14.5. The molecule has 2 fully saturated rings. The first-order chi connectivity index (χ1) is 9.56. The van der Waals surface area contributed by atoms with E-state index in [4.69, 9.17) is 11.5 Å².